The van der Waals surface area contributed by atoms with Gasteiger partial charge in [0.2, 0.25) is 0 Å². The van der Waals surface area contributed by atoms with E-state index >= 15 is 0 Å². The number of thiophene rings is 1. The Morgan fingerprint density at radius 1 is 1.53 bits per heavy atom. The first kappa shape index (κ1) is 15.5. The lowest BCUT2D eigenvalue weighted by atomic mass is 9.75. The normalized spacial score (nSPS) is 29.4. The highest BCUT2D eigenvalue weighted by Crippen LogP contribution is 2.39. The molecule has 1 fully saturated rings. The Labute approximate surface area is 128 Å². The highest BCUT2D eigenvalue weighted by molar-refractivity contribution is 9.10. The van der Waals surface area contributed by atoms with E-state index in [1.165, 1.54) is 4.88 Å². The predicted octanol–water partition coefficient (Wildman–Crippen LogP) is 4.40. The molecule has 1 aliphatic carbocycles. The summed E-state index contributed by atoms with van der Waals surface area (Å²) >= 11 is 5.24. The van der Waals surface area contributed by atoms with Gasteiger partial charge in [0.05, 0.1) is 11.7 Å². The third-order valence-electron chi connectivity index (χ3n) is 4.23. The molecule has 1 aromatic rings. The lowest BCUT2D eigenvalue weighted by Crippen LogP contribution is -2.48. The van der Waals surface area contributed by atoms with Crippen LogP contribution in [0.5, 0.6) is 0 Å². The Hall–Kier alpha value is 0.100. The van der Waals surface area contributed by atoms with Gasteiger partial charge in [-0.05, 0) is 65.9 Å². The fraction of sp³-hybridized carbons (Fsp3) is 0.733. The van der Waals surface area contributed by atoms with Gasteiger partial charge in [-0.1, -0.05) is 6.92 Å². The van der Waals surface area contributed by atoms with Gasteiger partial charge in [-0.25, -0.2) is 0 Å². The fourth-order valence-corrected chi connectivity index (χ4v) is 4.50. The van der Waals surface area contributed by atoms with E-state index in [4.69, 9.17) is 4.74 Å². The number of halogens is 1. The molecular weight excluding hydrogens is 324 g/mol. The predicted molar refractivity (Wildman–Crippen MR) is 83.7 cm³/mol. The van der Waals surface area contributed by atoms with Crippen LogP contribution in [-0.2, 0) is 11.2 Å². The van der Waals surface area contributed by atoms with Crippen LogP contribution in [-0.4, -0.2) is 23.4 Å². The van der Waals surface area contributed by atoms with Crippen molar-refractivity contribution < 1.29 is 9.84 Å². The average molecular weight is 347 g/mol. The second kappa shape index (κ2) is 6.70. The first-order valence-electron chi connectivity index (χ1n) is 7.11. The van der Waals surface area contributed by atoms with E-state index in [1.807, 2.05) is 13.0 Å². The van der Waals surface area contributed by atoms with E-state index in [9.17, 15) is 5.11 Å². The number of rotatable bonds is 5. The molecule has 1 N–H and O–H groups in total. The Morgan fingerprint density at radius 2 is 2.21 bits per heavy atom. The monoisotopic (exact) mass is 346 g/mol. The summed E-state index contributed by atoms with van der Waals surface area (Å²) in [5.74, 6) is 0.759. The first-order valence-corrected chi connectivity index (χ1v) is 8.78. The molecule has 1 heterocycles. The van der Waals surface area contributed by atoms with Gasteiger partial charge in [0.1, 0.15) is 0 Å². The highest BCUT2D eigenvalue weighted by atomic mass is 79.9. The number of aliphatic hydroxyl groups excluding tert-OH is 1. The molecule has 2 rings (SSSR count). The molecule has 1 atom stereocenters. The summed E-state index contributed by atoms with van der Waals surface area (Å²) < 4.78 is 7.11. The lowest BCUT2D eigenvalue weighted by Gasteiger charge is -2.42. The Morgan fingerprint density at radius 3 is 2.74 bits per heavy atom. The van der Waals surface area contributed by atoms with Crippen LogP contribution in [0.3, 0.4) is 0 Å². The molecule has 0 amide bonds. The zero-order valence-corrected chi connectivity index (χ0v) is 14.1. The second-order valence-electron chi connectivity index (χ2n) is 5.59. The summed E-state index contributed by atoms with van der Waals surface area (Å²) in [4.78, 5) is 1.21. The minimum absolute atomic E-state index is 0.329. The van der Waals surface area contributed by atoms with Crippen LogP contribution >= 0.6 is 27.3 Å². The van der Waals surface area contributed by atoms with Crippen molar-refractivity contribution in [3.05, 3.63) is 20.8 Å². The van der Waals surface area contributed by atoms with E-state index in [1.54, 1.807) is 11.3 Å². The van der Waals surface area contributed by atoms with Gasteiger partial charge in [0.25, 0.3) is 0 Å². The summed E-state index contributed by atoms with van der Waals surface area (Å²) in [6.45, 7) is 4.99. The molecular formula is C15H23BrO2S. The van der Waals surface area contributed by atoms with Gasteiger partial charge in [-0.3, -0.25) is 0 Å². The summed E-state index contributed by atoms with van der Waals surface area (Å²) in [6.07, 6.45) is 4.55. The quantitative estimate of drug-likeness (QED) is 0.856. The van der Waals surface area contributed by atoms with Gasteiger partial charge in [-0.2, -0.15) is 0 Å². The molecule has 108 valence electrons. The fourth-order valence-electron chi connectivity index (χ4n) is 2.94. The van der Waals surface area contributed by atoms with Crippen LogP contribution in [0.25, 0.3) is 0 Å². The highest BCUT2D eigenvalue weighted by Gasteiger charge is 2.41. The maximum absolute atomic E-state index is 10.7. The largest absolute Gasteiger partial charge is 0.390 e. The molecule has 0 bridgehead atoms. The molecule has 4 heteroatoms. The van der Waals surface area contributed by atoms with Crippen molar-refractivity contribution in [3.8, 4) is 0 Å². The zero-order chi connectivity index (χ0) is 13.9. The molecule has 0 aromatic carbocycles. The zero-order valence-electron chi connectivity index (χ0n) is 11.7. The Bertz CT molecular complexity index is 397. The van der Waals surface area contributed by atoms with Crippen LogP contribution in [0.1, 0.15) is 44.4 Å². The van der Waals surface area contributed by atoms with E-state index in [0.29, 0.717) is 13.0 Å². The van der Waals surface area contributed by atoms with Crippen molar-refractivity contribution in [2.45, 2.75) is 57.7 Å². The number of aliphatic hydroxyl groups is 1. The minimum Gasteiger partial charge on any atom is -0.390 e. The third-order valence-corrected chi connectivity index (χ3v) is 6.18. The topological polar surface area (TPSA) is 29.5 Å². The summed E-state index contributed by atoms with van der Waals surface area (Å²) in [5.41, 5.74) is -0.329. The van der Waals surface area contributed by atoms with Crippen LogP contribution in [0, 0.1) is 5.92 Å². The summed E-state index contributed by atoms with van der Waals surface area (Å²) in [5, 5.41) is 12.8. The maximum Gasteiger partial charge on any atom is 0.0943 e. The lowest BCUT2D eigenvalue weighted by molar-refractivity contribution is -0.143. The van der Waals surface area contributed by atoms with Crippen LogP contribution in [0.15, 0.2) is 15.9 Å². The van der Waals surface area contributed by atoms with E-state index < -0.39 is 6.10 Å². The molecule has 1 aromatic heterocycles. The van der Waals surface area contributed by atoms with Gasteiger partial charge in [0, 0.05) is 22.4 Å². The van der Waals surface area contributed by atoms with Gasteiger partial charge >= 0.3 is 0 Å². The molecule has 0 aliphatic heterocycles. The molecule has 0 spiro atoms. The van der Waals surface area contributed by atoms with E-state index in [-0.39, 0.29) is 5.60 Å². The van der Waals surface area contributed by atoms with Crippen molar-refractivity contribution in [3.63, 3.8) is 0 Å². The van der Waals surface area contributed by atoms with Crippen LogP contribution in [0.2, 0.25) is 0 Å². The van der Waals surface area contributed by atoms with Crippen molar-refractivity contribution in [1.82, 2.24) is 0 Å². The average Bonchev–Trinajstić information content (AvgIpc) is 2.78. The smallest absolute Gasteiger partial charge is 0.0943 e. The van der Waals surface area contributed by atoms with Gasteiger partial charge < -0.3 is 9.84 Å². The molecule has 1 saturated carbocycles. The van der Waals surface area contributed by atoms with Crippen LogP contribution < -0.4 is 0 Å². The SMILES string of the molecule is CCOC1(C(O)Cc2sccc2Br)CCC(C)CC1. The molecule has 0 radical (unpaired) electrons. The van der Waals surface area contributed by atoms with Crippen LogP contribution in [0.4, 0.5) is 0 Å². The third kappa shape index (κ3) is 3.60. The summed E-state index contributed by atoms with van der Waals surface area (Å²) in [7, 11) is 0. The summed E-state index contributed by atoms with van der Waals surface area (Å²) in [6, 6.07) is 2.04. The molecule has 0 saturated heterocycles. The minimum atomic E-state index is -0.408. The first-order chi connectivity index (χ1) is 9.07. The van der Waals surface area contributed by atoms with Crippen molar-refractivity contribution in [2.75, 3.05) is 6.61 Å². The second-order valence-corrected chi connectivity index (χ2v) is 7.45. The number of ether oxygens (including phenoxy) is 1. The van der Waals surface area contributed by atoms with E-state index in [2.05, 4.69) is 28.2 Å². The van der Waals surface area contributed by atoms with Crippen molar-refractivity contribution in [2.24, 2.45) is 5.92 Å². The molecule has 19 heavy (non-hydrogen) atoms. The number of hydrogen-bond donors (Lipinski definition) is 1. The van der Waals surface area contributed by atoms with E-state index in [0.717, 1.165) is 36.1 Å². The van der Waals surface area contributed by atoms with Crippen molar-refractivity contribution >= 4 is 27.3 Å². The van der Waals surface area contributed by atoms with Gasteiger partial charge in [-0.15, -0.1) is 11.3 Å². The maximum atomic E-state index is 10.7. The standard InChI is InChI=1S/C15H23BrO2S/c1-3-18-15(7-4-11(2)5-8-15)14(17)10-13-12(16)6-9-19-13/h6,9,11,14,17H,3-5,7-8,10H2,1-2H3. The Kier molecular flexibility index (Phi) is 5.46. The molecule has 2 nitrogen and oxygen atoms in total. The molecule has 1 aliphatic rings. The van der Waals surface area contributed by atoms with Gasteiger partial charge in [0.15, 0.2) is 0 Å². The molecule has 1 unspecified atom stereocenters. The Balaban J connectivity index is 2.08. The number of hydrogen-bond acceptors (Lipinski definition) is 3. The van der Waals surface area contributed by atoms with Crippen molar-refractivity contribution in [1.29, 1.82) is 0 Å².